The summed E-state index contributed by atoms with van der Waals surface area (Å²) in [7, 11) is 0. The molecular formula is C29H28F3N3O4. The van der Waals surface area contributed by atoms with Crippen LogP contribution in [-0.4, -0.2) is 45.7 Å². The lowest BCUT2D eigenvalue weighted by Crippen LogP contribution is -2.19. The zero-order valence-electron chi connectivity index (χ0n) is 21.3. The molecule has 10 heteroatoms. The van der Waals surface area contributed by atoms with Gasteiger partial charge in [0, 0.05) is 18.6 Å². The Bertz CT molecular complexity index is 1400. The lowest BCUT2D eigenvalue weighted by Gasteiger charge is -2.14. The molecule has 0 amide bonds. The van der Waals surface area contributed by atoms with Crippen molar-refractivity contribution in [3.63, 3.8) is 0 Å². The number of carbonyl (C=O) groups is 1. The SMILES string of the molecule is CCOC(=O)c1cnn(-c2cccc(-c3ccccc3CCc3ccc(OCCCO)cc3)n2)c1C(F)(F)F. The van der Waals surface area contributed by atoms with Crippen molar-refractivity contribution >= 4 is 5.97 Å². The predicted octanol–water partition coefficient (Wildman–Crippen LogP) is 5.68. The molecule has 0 fully saturated rings. The number of ether oxygens (including phenoxy) is 2. The van der Waals surface area contributed by atoms with Gasteiger partial charge in [-0.05, 0) is 55.2 Å². The van der Waals surface area contributed by atoms with E-state index in [1.165, 1.54) is 13.0 Å². The second-order valence-corrected chi connectivity index (χ2v) is 8.64. The fraction of sp³-hybridized carbons (Fsp3) is 0.276. The first kappa shape index (κ1) is 27.8. The number of aryl methyl sites for hydroxylation is 2. The number of nitrogens with zero attached hydrogens (tertiary/aromatic N) is 3. The first-order chi connectivity index (χ1) is 18.8. The molecule has 0 aliphatic carbocycles. The number of aromatic nitrogens is 3. The molecule has 0 spiro atoms. The summed E-state index contributed by atoms with van der Waals surface area (Å²) in [6, 6.07) is 20.1. The number of alkyl halides is 3. The highest BCUT2D eigenvalue weighted by atomic mass is 19.4. The Kier molecular flexibility index (Phi) is 8.98. The van der Waals surface area contributed by atoms with Crippen molar-refractivity contribution in [2.75, 3.05) is 19.8 Å². The fourth-order valence-electron chi connectivity index (χ4n) is 4.12. The summed E-state index contributed by atoms with van der Waals surface area (Å²) < 4.78 is 52.9. The first-order valence-electron chi connectivity index (χ1n) is 12.5. The first-order valence-corrected chi connectivity index (χ1v) is 12.5. The van der Waals surface area contributed by atoms with Gasteiger partial charge in [-0.2, -0.15) is 18.3 Å². The molecule has 1 N–H and O–H groups in total. The number of benzene rings is 2. The summed E-state index contributed by atoms with van der Waals surface area (Å²) in [5, 5.41) is 12.7. The van der Waals surface area contributed by atoms with E-state index < -0.39 is 23.4 Å². The van der Waals surface area contributed by atoms with Crippen LogP contribution in [0.1, 0.15) is 40.5 Å². The van der Waals surface area contributed by atoms with Gasteiger partial charge in [0.1, 0.15) is 11.3 Å². The molecule has 2 heterocycles. The van der Waals surface area contributed by atoms with Gasteiger partial charge >= 0.3 is 12.1 Å². The van der Waals surface area contributed by atoms with Gasteiger partial charge in [-0.1, -0.05) is 42.5 Å². The highest BCUT2D eigenvalue weighted by Crippen LogP contribution is 2.34. The standard InChI is InChI=1S/C29H28F3N3O4/c1-2-38-28(37)24-19-33-35(27(24)29(30,31)32)26-10-5-9-25(34-26)23-8-4-3-7-21(23)14-11-20-12-15-22(16-13-20)39-18-6-17-36/h3-5,7-10,12-13,15-16,19,36H,2,6,11,14,17-18H2,1H3. The molecule has 2 aromatic carbocycles. The van der Waals surface area contributed by atoms with Crippen LogP contribution in [0.4, 0.5) is 13.2 Å². The molecule has 0 aliphatic heterocycles. The summed E-state index contributed by atoms with van der Waals surface area (Å²) in [6.45, 7) is 1.98. The van der Waals surface area contributed by atoms with Gasteiger partial charge in [0.05, 0.1) is 25.1 Å². The van der Waals surface area contributed by atoms with Crippen LogP contribution in [0.15, 0.2) is 72.9 Å². The Morgan fingerprint density at radius 1 is 1.00 bits per heavy atom. The van der Waals surface area contributed by atoms with E-state index >= 15 is 0 Å². The Hall–Kier alpha value is -4.18. The van der Waals surface area contributed by atoms with Crippen LogP contribution < -0.4 is 4.74 Å². The highest BCUT2D eigenvalue weighted by molar-refractivity contribution is 5.90. The quantitative estimate of drug-likeness (QED) is 0.195. The second kappa shape index (κ2) is 12.6. The molecule has 39 heavy (non-hydrogen) atoms. The van der Waals surface area contributed by atoms with Gasteiger partial charge in [0.25, 0.3) is 0 Å². The molecule has 0 saturated heterocycles. The molecule has 0 unspecified atom stereocenters. The third kappa shape index (κ3) is 6.83. The van der Waals surface area contributed by atoms with E-state index in [0.29, 0.717) is 29.8 Å². The van der Waals surface area contributed by atoms with E-state index in [0.717, 1.165) is 35.1 Å². The molecule has 2 aromatic heterocycles. The molecule has 0 radical (unpaired) electrons. The van der Waals surface area contributed by atoms with Crippen molar-refractivity contribution < 1.29 is 32.5 Å². The maximum absolute atomic E-state index is 14.0. The largest absolute Gasteiger partial charge is 0.494 e. The van der Waals surface area contributed by atoms with E-state index in [1.54, 1.807) is 12.1 Å². The Labute approximate surface area is 223 Å². The van der Waals surface area contributed by atoms with Gasteiger partial charge in [0.15, 0.2) is 11.5 Å². The maximum atomic E-state index is 14.0. The van der Waals surface area contributed by atoms with Crippen LogP contribution in [0.3, 0.4) is 0 Å². The minimum Gasteiger partial charge on any atom is -0.494 e. The minimum atomic E-state index is -4.85. The normalized spacial score (nSPS) is 11.4. The molecule has 4 aromatic rings. The Balaban J connectivity index is 1.58. The molecule has 0 bridgehead atoms. The van der Waals surface area contributed by atoms with E-state index in [1.807, 2.05) is 48.5 Å². The van der Waals surface area contributed by atoms with Gasteiger partial charge in [-0.3, -0.25) is 0 Å². The average molecular weight is 540 g/mol. The number of pyridine rings is 1. The van der Waals surface area contributed by atoms with Crippen LogP contribution in [0.5, 0.6) is 5.75 Å². The molecule has 0 aliphatic rings. The number of halogens is 3. The molecular weight excluding hydrogens is 511 g/mol. The molecule has 0 saturated carbocycles. The van der Waals surface area contributed by atoms with E-state index in [4.69, 9.17) is 14.6 Å². The Morgan fingerprint density at radius 2 is 1.77 bits per heavy atom. The zero-order valence-corrected chi connectivity index (χ0v) is 21.3. The van der Waals surface area contributed by atoms with E-state index in [9.17, 15) is 18.0 Å². The zero-order chi connectivity index (χ0) is 27.8. The second-order valence-electron chi connectivity index (χ2n) is 8.64. The number of hydrogen-bond acceptors (Lipinski definition) is 6. The van der Waals surface area contributed by atoms with Crippen molar-refractivity contribution in [1.29, 1.82) is 0 Å². The third-order valence-electron chi connectivity index (χ3n) is 5.96. The highest BCUT2D eigenvalue weighted by Gasteiger charge is 2.41. The van der Waals surface area contributed by atoms with Crippen molar-refractivity contribution in [3.8, 4) is 22.8 Å². The molecule has 4 rings (SSSR count). The lowest BCUT2D eigenvalue weighted by atomic mass is 9.97. The summed E-state index contributed by atoms with van der Waals surface area (Å²) in [5.74, 6) is -0.430. The van der Waals surface area contributed by atoms with Crippen molar-refractivity contribution in [2.24, 2.45) is 0 Å². The number of carbonyl (C=O) groups excluding carboxylic acids is 1. The number of aliphatic hydroxyl groups is 1. The maximum Gasteiger partial charge on any atom is 0.434 e. The van der Waals surface area contributed by atoms with Crippen LogP contribution in [0.2, 0.25) is 0 Å². The smallest absolute Gasteiger partial charge is 0.434 e. The third-order valence-corrected chi connectivity index (χ3v) is 5.96. The van der Waals surface area contributed by atoms with E-state index in [-0.39, 0.29) is 19.0 Å². The topological polar surface area (TPSA) is 86.5 Å². The van der Waals surface area contributed by atoms with Crippen molar-refractivity contribution in [1.82, 2.24) is 14.8 Å². The van der Waals surface area contributed by atoms with Crippen molar-refractivity contribution in [2.45, 2.75) is 32.4 Å². The monoisotopic (exact) mass is 539 g/mol. The minimum absolute atomic E-state index is 0.0611. The fourth-order valence-corrected chi connectivity index (χ4v) is 4.12. The lowest BCUT2D eigenvalue weighted by molar-refractivity contribution is -0.143. The van der Waals surface area contributed by atoms with Crippen LogP contribution >= 0.6 is 0 Å². The average Bonchev–Trinajstić information content (AvgIpc) is 3.40. The molecule has 204 valence electrons. The molecule has 0 atom stereocenters. The Morgan fingerprint density at radius 3 is 2.49 bits per heavy atom. The summed E-state index contributed by atoms with van der Waals surface area (Å²) in [4.78, 5) is 16.6. The van der Waals surface area contributed by atoms with Crippen LogP contribution in [0, 0.1) is 0 Å². The summed E-state index contributed by atoms with van der Waals surface area (Å²) in [6.07, 6.45) is -2.03. The van der Waals surface area contributed by atoms with Crippen LogP contribution in [-0.2, 0) is 23.8 Å². The summed E-state index contributed by atoms with van der Waals surface area (Å²) in [5.41, 5.74) is 1.45. The van der Waals surface area contributed by atoms with Gasteiger partial charge in [0.2, 0.25) is 0 Å². The van der Waals surface area contributed by atoms with Gasteiger partial charge < -0.3 is 14.6 Å². The number of rotatable bonds is 11. The summed E-state index contributed by atoms with van der Waals surface area (Å²) >= 11 is 0. The molecule has 7 nitrogen and oxygen atoms in total. The van der Waals surface area contributed by atoms with Gasteiger partial charge in [-0.25, -0.2) is 14.5 Å². The number of esters is 1. The van der Waals surface area contributed by atoms with Crippen molar-refractivity contribution in [3.05, 3.63) is 95.3 Å². The van der Waals surface area contributed by atoms with E-state index in [2.05, 4.69) is 10.1 Å². The van der Waals surface area contributed by atoms with Gasteiger partial charge in [-0.15, -0.1) is 0 Å². The van der Waals surface area contributed by atoms with Crippen LogP contribution in [0.25, 0.3) is 17.1 Å². The number of aliphatic hydroxyl groups excluding tert-OH is 1. The predicted molar refractivity (Wildman–Crippen MR) is 139 cm³/mol. The number of hydrogen-bond donors (Lipinski definition) is 1.